The Morgan fingerprint density at radius 2 is 1.62 bits per heavy atom. The van der Waals surface area contributed by atoms with Gasteiger partial charge in [0.25, 0.3) is 0 Å². The number of nitrogens with one attached hydrogen (secondary N) is 3. The van der Waals surface area contributed by atoms with E-state index in [1.165, 1.54) is 18.4 Å². The molecule has 0 saturated heterocycles. The summed E-state index contributed by atoms with van der Waals surface area (Å²) in [5.41, 5.74) is 2.65. The van der Waals surface area contributed by atoms with Gasteiger partial charge in [-0.3, -0.25) is 9.79 Å². The van der Waals surface area contributed by atoms with Crippen molar-refractivity contribution in [1.29, 1.82) is 0 Å². The number of hydrogen-bond donors (Lipinski definition) is 3. The van der Waals surface area contributed by atoms with Gasteiger partial charge in [-0.15, -0.1) is 0 Å². The smallest absolute Gasteiger partial charge is 0.239 e. The van der Waals surface area contributed by atoms with E-state index in [4.69, 9.17) is 0 Å². The van der Waals surface area contributed by atoms with E-state index in [1.807, 2.05) is 36.4 Å². The first-order chi connectivity index (χ1) is 12.7. The molecule has 0 aromatic heterocycles. The van der Waals surface area contributed by atoms with Gasteiger partial charge in [0, 0.05) is 25.6 Å². The quantitative estimate of drug-likeness (QED) is 0.530. The molecule has 0 heterocycles. The van der Waals surface area contributed by atoms with Gasteiger partial charge in [-0.1, -0.05) is 60.7 Å². The van der Waals surface area contributed by atoms with E-state index >= 15 is 0 Å². The van der Waals surface area contributed by atoms with Crippen LogP contribution in [0.5, 0.6) is 0 Å². The van der Waals surface area contributed by atoms with Crippen LogP contribution in [0.25, 0.3) is 0 Å². The number of rotatable bonds is 7. The summed E-state index contributed by atoms with van der Waals surface area (Å²) >= 11 is 0. The van der Waals surface area contributed by atoms with Crippen LogP contribution in [0.4, 0.5) is 0 Å². The lowest BCUT2D eigenvalue weighted by Gasteiger charge is -2.19. The van der Waals surface area contributed by atoms with Crippen LogP contribution in [0.3, 0.4) is 0 Å². The van der Waals surface area contributed by atoms with Gasteiger partial charge in [0.15, 0.2) is 5.96 Å². The first kappa shape index (κ1) is 18.0. The molecule has 3 N–H and O–H groups in total. The van der Waals surface area contributed by atoms with Crippen molar-refractivity contribution in [1.82, 2.24) is 16.0 Å². The zero-order chi connectivity index (χ0) is 18.2. The molecule has 26 heavy (non-hydrogen) atoms. The molecule has 5 heteroatoms. The molecule has 5 nitrogen and oxygen atoms in total. The number of carbonyl (C=O) groups is 1. The zero-order valence-electron chi connectivity index (χ0n) is 15.2. The summed E-state index contributed by atoms with van der Waals surface area (Å²) in [7, 11) is 1.72. The zero-order valence-corrected chi connectivity index (χ0v) is 15.2. The van der Waals surface area contributed by atoms with Crippen molar-refractivity contribution in [3.63, 3.8) is 0 Å². The third kappa shape index (κ3) is 4.85. The van der Waals surface area contributed by atoms with Crippen molar-refractivity contribution in [3.8, 4) is 0 Å². The minimum Gasteiger partial charge on any atom is -0.356 e. The second-order valence-corrected chi connectivity index (χ2v) is 6.69. The number of aliphatic imine (C=N–C) groups is 1. The van der Waals surface area contributed by atoms with Gasteiger partial charge in [-0.2, -0.15) is 0 Å². The Morgan fingerprint density at radius 3 is 2.23 bits per heavy atom. The highest BCUT2D eigenvalue weighted by Crippen LogP contribution is 2.47. The summed E-state index contributed by atoms with van der Waals surface area (Å²) in [5, 5.41) is 9.35. The second kappa shape index (κ2) is 8.52. The molecule has 0 atom stereocenters. The van der Waals surface area contributed by atoms with Gasteiger partial charge in [-0.05, 0) is 24.0 Å². The lowest BCUT2D eigenvalue weighted by atomic mass is 9.96. The van der Waals surface area contributed by atoms with E-state index in [1.54, 1.807) is 7.05 Å². The fourth-order valence-electron chi connectivity index (χ4n) is 3.01. The highest BCUT2D eigenvalue weighted by atomic mass is 16.1. The van der Waals surface area contributed by atoms with Crippen LogP contribution in [0.1, 0.15) is 24.0 Å². The minimum atomic E-state index is -0.0546. The summed E-state index contributed by atoms with van der Waals surface area (Å²) in [6, 6.07) is 20.5. The van der Waals surface area contributed by atoms with Gasteiger partial charge >= 0.3 is 0 Å². The van der Waals surface area contributed by atoms with Crippen LogP contribution in [-0.4, -0.2) is 32.0 Å². The Balaban J connectivity index is 1.42. The van der Waals surface area contributed by atoms with E-state index in [9.17, 15) is 4.79 Å². The maximum Gasteiger partial charge on any atom is 0.239 e. The SMILES string of the molecule is CN=C(NCC(=O)NCc1ccccc1)NCC1(c2ccccc2)CC1. The van der Waals surface area contributed by atoms with Gasteiger partial charge in [0.05, 0.1) is 6.54 Å². The lowest BCUT2D eigenvalue weighted by Crippen LogP contribution is -2.45. The molecule has 0 aliphatic heterocycles. The fraction of sp³-hybridized carbons (Fsp3) is 0.333. The number of nitrogens with zero attached hydrogens (tertiary/aromatic N) is 1. The predicted octanol–water partition coefficient (Wildman–Crippen LogP) is 2.20. The summed E-state index contributed by atoms with van der Waals surface area (Å²) in [5.74, 6) is 0.600. The first-order valence-corrected chi connectivity index (χ1v) is 9.02. The number of carbonyl (C=O) groups excluding carboxylic acids is 1. The molecule has 2 aromatic rings. The molecule has 1 amide bonds. The highest BCUT2D eigenvalue weighted by Gasteiger charge is 2.43. The largest absolute Gasteiger partial charge is 0.356 e. The van der Waals surface area contributed by atoms with E-state index in [0.717, 1.165) is 12.1 Å². The van der Waals surface area contributed by atoms with E-state index in [0.29, 0.717) is 12.5 Å². The molecule has 1 saturated carbocycles. The monoisotopic (exact) mass is 350 g/mol. The van der Waals surface area contributed by atoms with Crippen molar-refractivity contribution in [3.05, 3.63) is 71.8 Å². The minimum absolute atomic E-state index is 0.0546. The molecular weight excluding hydrogens is 324 g/mol. The Labute approximate surface area is 154 Å². The summed E-state index contributed by atoms with van der Waals surface area (Å²) < 4.78 is 0. The van der Waals surface area contributed by atoms with E-state index in [-0.39, 0.29) is 17.9 Å². The molecule has 0 unspecified atom stereocenters. The molecule has 1 aliphatic rings. The maximum atomic E-state index is 12.0. The third-order valence-electron chi connectivity index (χ3n) is 4.81. The van der Waals surface area contributed by atoms with Gasteiger partial charge < -0.3 is 16.0 Å². The summed E-state index contributed by atoms with van der Waals surface area (Å²) in [4.78, 5) is 16.2. The molecule has 1 fully saturated rings. The standard InChI is InChI=1S/C21H26N4O/c1-22-20(24-15-19(26)23-14-17-8-4-2-5-9-17)25-16-21(12-13-21)18-10-6-3-7-11-18/h2-11H,12-16H2,1H3,(H,23,26)(H2,22,24,25). The normalized spacial score (nSPS) is 15.2. The van der Waals surface area contributed by atoms with Crippen molar-refractivity contribution >= 4 is 11.9 Å². The molecule has 2 aromatic carbocycles. The average molecular weight is 350 g/mol. The summed E-state index contributed by atoms with van der Waals surface area (Å²) in [6.07, 6.45) is 2.36. The predicted molar refractivity (Wildman–Crippen MR) is 105 cm³/mol. The Bertz CT molecular complexity index is 739. The van der Waals surface area contributed by atoms with Crippen molar-refractivity contribution < 1.29 is 4.79 Å². The molecule has 1 aliphatic carbocycles. The number of benzene rings is 2. The fourth-order valence-corrected chi connectivity index (χ4v) is 3.01. The Morgan fingerprint density at radius 1 is 0.962 bits per heavy atom. The van der Waals surface area contributed by atoms with Crippen molar-refractivity contribution in [2.24, 2.45) is 4.99 Å². The molecular formula is C21H26N4O. The molecule has 3 rings (SSSR count). The van der Waals surface area contributed by atoms with Crippen LogP contribution >= 0.6 is 0 Å². The van der Waals surface area contributed by atoms with Crippen LogP contribution in [0.15, 0.2) is 65.7 Å². The summed E-state index contributed by atoms with van der Waals surface area (Å²) in [6.45, 7) is 1.55. The number of hydrogen-bond acceptors (Lipinski definition) is 2. The maximum absolute atomic E-state index is 12.0. The second-order valence-electron chi connectivity index (χ2n) is 6.69. The molecule has 136 valence electrons. The van der Waals surface area contributed by atoms with Crippen LogP contribution in [0, 0.1) is 0 Å². The first-order valence-electron chi connectivity index (χ1n) is 9.02. The van der Waals surface area contributed by atoms with Gasteiger partial charge in [0.2, 0.25) is 5.91 Å². The molecule has 0 bridgehead atoms. The van der Waals surface area contributed by atoms with Crippen LogP contribution in [0.2, 0.25) is 0 Å². The van der Waals surface area contributed by atoms with E-state index < -0.39 is 0 Å². The number of guanidine groups is 1. The topological polar surface area (TPSA) is 65.5 Å². The molecule has 0 radical (unpaired) electrons. The van der Waals surface area contributed by atoms with Crippen molar-refractivity contribution in [2.75, 3.05) is 20.1 Å². The van der Waals surface area contributed by atoms with E-state index in [2.05, 4.69) is 45.2 Å². The average Bonchev–Trinajstić information content (AvgIpc) is 3.49. The van der Waals surface area contributed by atoms with Crippen LogP contribution < -0.4 is 16.0 Å². The third-order valence-corrected chi connectivity index (χ3v) is 4.81. The van der Waals surface area contributed by atoms with Crippen molar-refractivity contribution in [2.45, 2.75) is 24.8 Å². The number of amides is 1. The van der Waals surface area contributed by atoms with Gasteiger partial charge in [-0.25, -0.2) is 0 Å². The highest BCUT2D eigenvalue weighted by molar-refractivity contribution is 5.86. The Hall–Kier alpha value is -2.82. The Kier molecular flexibility index (Phi) is 5.89. The van der Waals surface area contributed by atoms with Crippen LogP contribution in [-0.2, 0) is 16.8 Å². The molecule has 0 spiro atoms. The lowest BCUT2D eigenvalue weighted by molar-refractivity contribution is -0.120. The van der Waals surface area contributed by atoms with Gasteiger partial charge in [0.1, 0.15) is 0 Å².